The Bertz CT molecular complexity index is 1520. The summed E-state index contributed by atoms with van der Waals surface area (Å²) in [6.07, 6.45) is 1.44. The van der Waals surface area contributed by atoms with Gasteiger partial charge in [-0.3, -0.25) is 14.5 Å². The van der Waals surface area contributed by atoms with Crippen LogP contribution in [-0.4, -0.2) is 49.5 Å². The highest BCUT2D eigenvalue weighted by atomic mass is 79.9. The number of carbonyl (C=O) groups excluding carboxylic acids is 4. The first-order valence-electron chi connectivity index (χ1n) is 11.4. The normalized spacial score (nSPS) is 13.8. The first-order chi connectivity index (χ1) is 19.1. The molecular formula is C26H20Br2FN3O8. The van der Waals surface area contributed by atoms with Crippen molar-refractivity contribution in [2.75, 3.05) is 26.1 Å². The minimum atomic E-state index is -0.686. The number of anilines is 1. The zero-order valence-electron chi connectivity index (χ0n) is 20.9. The summed E-state index contributed by atoms with van der Waals surface area (Å²) >= 11 is 6.85. The molecule has 3 aromatic rings. The quantitative estimate of drug-likeness (QED) is 0.186. The number of halogens is 3. The van der Waals surface area contributed by atoms with Gasteiger partial charge in [0.25, 0.3) is 11.8 Å². The first-order valence-corrected chi connectivity index (χ1v) is 13.0. The van der Waals surface area contributed by atoms with Crippen LogP contribution in [0.2, 0.25) is 0 Å². The Morgan fingerprint density at radius 3 is 2.50 bits per heavy atom. The van der Waals surface area contributed by atoms with Gasteiger partial charge in [-0.15, -0.1) is 0 Å². The number of methoxy groups -OCH3 is 2. The Balaban J connectivity index is 1.49. The lowest BCUT2D eigenvalue weighted by molar-refractivity contribution is -0.123. The molecule has 0 unspecified atom stereocenters. The van der Waals surface area contributed by atoms with Gasteiger partial charge in [-0.25, -0.2) is 14.0 Å². The van der Waals surface area contributed by atoms with Crippen LogP contribution in [0, 0.1) is 5.82 Å². The van der Waals surface area contributed by atoms with E-state index in [0.717, 1.165) is 4.90 Å². The summed E-state index contributed by atoms with van der Waals surface area (Å²) in [5, 5.41) is 5.10. The van der Waals surface area contributed by atoms with E-state index in [9.17, 15) is 23.6 Å². The Kier molecular flexibility index (Phi) is 8.90. The number of nitrogens with zero attached hydrogens (tertiary/aromatic N) is 1. The number of hydrogen-bond donors (Lipinski definition) is 2. The highest BCUT2D eigenvalue weighted by molar-refractivity contribution is 9.13. The summed E-state index contributed by atoms with van der Waals surface area (Å²) in [7, 11) is 2.60. The Labute approximate surface area is 243 Å². The average Bonchev–Trinajstić information content (AvgIpc) is 3.51. The van der Waals surface area contributed by atoms with Crippen LogP contribution in [0.15, 0.2) is 61.5 Å². The zero-order valence-corrected chi connectivity index (χ0v) is 24.1. The molecule has 4 amide bonds. The molecular weight excluding hydrogens is 661 g/mol. The molecule has 1 fully saturated rings. The van der Waals surface area contributed by atoms with Crippen LogP contribution in [0.4, 0.5) is 14.9 Å². The van der Waals surface area contributed by atoms with Crippen molar-refractivity contribution in [3.63, 3.8) is 0 Å². The van der Waals surface area contributed by atoms with E-state index in [1.807, 2.05) is 0 Å². The molecule has 2 aromatic carbocycles. The van der Waals surface area contributed by atoms with E-state index in [4.69, 9.17) is 13.9 Å². The largest absolute Gasteiger partial charge is 0.493 e. The molecule has 11 nitrogen and oxygen atoms in total. The van der Waals surface area contributed by atoms with Gasteiger partial charge in [0.05, 0.1) is 25.2 Å². The van der Waals surface area contributed by atoms with Gasteiger partial charge in [0, 0.05) is 10.2 Å². The smallest absolute Gasteiger partial charge is 0.373 e. The van der Waals surface area contributed by atoms with E-state index in [2.05, 4.69) is 47.2 Å². The summed E-state index contributed by atoms with van der Waals surface area (Å²) in [5.41, 5.74) is 0.826. The van der Waals surface area contributed by atoms with Crippen molar-refractivity contribution in [3.05, 3.63) is 80.0 Å². The Morgan fingerprint density at radius 1 is 1.10 bits per heavy atom. The van der Waals surface area contributed by atoms with Gasteiger partial charge in [-0.2, -0.15) is 0 Å². The summed E-state index contributed by atoms with van der Waals surface area (Å²) in [4.78, 5) is 50.3. The molecule has 0 atom stereocenters. The van der Waals surface area contributed by atoms with Gasteiger partial charge < -0.3 is 29.3 Å². The number of nitrogens with one attached hydrogen (secondary N) is 2. The molecule has 0 aliphatic carbocycles. The standard InChI is InChI=1S/C26H20Br2FN3O8/c1-37-19-10-13(21(27)22(28)23(19)39-12-20(33)30-15-5-3-14(29)4-6-15)9-17-24(34)32(26(36)31-17)11-16-7-8-18(40-16)25(35)38-2/h3-10H,11-12H2,1-2H3,(H,30,33)(H,31,36)/b17-9-. The fourth-order valence-corrected chi connectivity index (χ4v) is 4.51. The van der Waals surface area contributed by atoms with Crippen molar-refractivity contribution < 1.29 is 42.2 Å². The highest BCUT2D eigenvalue weighted by Crippen LogP contribution is 2.43. The van der Waals surface area contributed by atoms with Crippen molar-refractivity contribution in [2.24, 2.45) is 0 Å². The predicted octanol–water partition coefficient (Wildman–Crippen LogP) is 4.85. The number of carbonyl (C=O) groups is 4. The SMILES string of the molecule is COC(=O)c1ccc(CN2C(=O)N/C(=C\c3cc(OC)c(OCC(=O)Nc4ccc(F)cc4)c(Br)c3Br)C2=O)o1. The molecule has 40 heavy (non-hydrogen) atoms. The maximum absolute atomic E-state index is 13.1. The van der Waals surface area contributed by atoms with Crippen LogP contribution in [0.5, 0.6) is 11.5 Å². The average molecular weight is 681 g/mol. The molecule has 1 aliphatic rings. The van der Waals surface area contributed by atoms with E-state index in [0.29, 0.717) is 20.2 Å². The van der Waals surface area contributed by atoms with Gasteiger partial charge >= 0.3 is 12.0 Å². The fraction of sp³-hybridized carbons (Fsp3) is 0.154. The number of imide groups is 1. The number of amides is 4. The van der Waals surface area contributed by atoms with Crippen LogP contribution < -0.4 is 20.1 Å². The van der Waals surface area contributed by atoms with E-state index in [1.54, 1.807) is 6.07 Å². The molecule has 208 valence electrons. The first kappa shape index (κ1) is 28.8. The van der Waals surface area contributed by atoms with Crippen molar-refractivity contribution in [3.8, 4) is 11.5 Å². The van der Waals surface area contributed by atoms with Gasteiger partial charge in [0.2, 0.25) is 5.76 Å². The van der Waals surface area contributed by atoms with Crippen LogP contribution in [0.25, 0.3) is 6.08 Å². The molecule has 0 saturated carbocycles. The van der Waals surface area contributed by atoms with Crippen LogP contribution in [0.3, 0.4) is 0 Å². The topological polar surface area (TPSA) is 136 Å². The monoisotopic (exact) mass is 679 g/mol. The molecule has 1 aromatic heterocycles. The Hall–Kier alpha value is -4.17. The zero-order chi connectivity index (χ0) is 29.0. The number of urea groups is 1. The molecule has 2 heterocycles. The van der Waals surface area contributed by atoms with E-state index in [-0.39, 0.29) is 41.9 Å². The number of hydrogen-bond acceptors (Lipinski definition) is 8. The summed E-state index contributed by atoms with van der Waals surface area (Å²) in [5.74, 6) is -1.64. The minimum absolute atomic E-state index is 0.0215. The van der Waals surface area contributed by atoms with E-state index in [1.165, 1.54) is 56.7 Å². The van der Waals surface area contributed by atoms with Crippen LogP contribution >= 0.6 is 31.9 Å². The number of benzene rings is 2. The lowest BCUT2D eigenvalue weighted by atomic mass is 10.1. The van der Waals surface area contributed by atoms with E-state index < -0.39 is 29.6 Å². The van der Waals surface area contributed by atoms with Gasteiger partial charge in [-0.1, -0.05) is 0 Å². The highest BCUT2D eigenvalue weighted by Gasteiger charge is 2.35. The number of ether oxygens (including phenoxy) is 3. The van der Waals surface area contributed by atoms with Crippen molar-refractivity contribution in [2.45, 2.75) is 6.54 Å². The maximum atomic E-state index is 13.1. The molecule has 0 radical (unpaired) electrons. The van der Waals surface area contributed by atoms with Crippen LogP contribution in [-0.2, 0) is 20.9 Å². The third-order valence-corrected chi connectivity index (χ3v) is 7.62. The number of rotatable bonds is 9. The van der Waals surface area contributed by atoms with E-state index >= 15 is 0 Å². The lowest BCUT2D eigenvalue weighted by Gasteiger charge is -2.15. The van der Waals surface area contributed by atoms with Gasteiger partial charge in [0.15, 0.2) is 18.1 Å². The second-order valence-electron chi connectivity index (χ2n) is 8.11. The minimum Gasteiger partial charge on any atom is -0.493 e. The molecule has 14 heteroatoms. The molecule has 0 bridgehead atoms. The Morgan fingerprint density at radius 2 is 1.82 bits per heavy atom. The second-order valence-corrected chi connectivity index (χ2v) is 9.69. The third-order valence-electron chi connectivity index (χ3n) is 5.48. The van der Waals surface area contributed by atoms with Crippen molar-refractivity contribution in [1.82, 2.24) is 10.2 Å². The maximum Gasteiger partial charge on any atom is 0.373 e. The lowest BCUT2D eigenvalue weighted by Crippen LogP contribution is -2.30. The summed E-state index contributed by atoms with van der Waals surface area (Å²) in [6.45, 7) is -0.590. The third kappa shape index (κ3) is 6.34. The molecule has 4 rings (SSSR count). The number of esters is 1. The second kappa shape index (κ2) is 12.3. The molecule has 1 aliphatic heterocycles. The molecule has 1 saturated heterocycles. The van der Waals surface area contributed by atoms with Crippen molar-refractivity contribution >= 4 is 67.4 Å². The van der Waals surface area contributed by atoms with Gasteiger partial charge in [-0.05, 0) is 86.0 Å². The summed E-state index contributed by atoms with van der Waals surface area (Å²) < 4.78 is 34.9. The van der Waals surface area contributed by atoms with Gasteiger partial charge in [0.1, 0.15) is 17.3 Å². The summed E-state index contributed by atoms with van der Waals surface area (Å²) in [6, 6.07) is 8.99. The van der Waals surface area contributed by atoms with Crippen molar-refractivity contribution in [1.29, 1.82) is 0 Å². The molecule has 0 spiro atoms. The fourth-order valence-electron chi connectivity index (χ4n) is 3.56. The van der Waals surface area contributed by atoms with Crippen LogP contribution in [0.1, 0.15) is 21.9 Å². The number of furan rings is 1. The molecule has 2 N–H and O–H groups in total. The predicted molar refractivity (Wildman–Crippen MR) is 146 cm³/mol.